The third kappa shape index (κ3) is 12.3. The van der Waals surface area contributed by atoms with Gasteiger partial charge < -0.3 is 29.2 Å². The average molecular weight is 708 g/mol. The van der Waals surface area contributed by atoms with E-state index in [2.05, 4.69) is 20.9 Å². The summed E-state index contributed by atoms with van der Waals surface area (Å²) >= 11 is 0. The lowest BCUT2D eigenvalue weighted by Gasteiger charge is -2.39. The number of aliphatic imine (C=N–C) groups is 1. The molecule has 0 radical (unpaired) electrons. The summed E-state index contributed by atoms with van der Waals surface area (Å²) in [6.07, 6.45) is -0.790. The summed E-state index contributed by atoms with van der Waals surface area (Å²) in [6.45, 7) is 10.6. The zero-order chi connectivity index (χ0) is 37.2. The molecule has 3 N–H and O–H groups in total. The molecule has 51 heavy (non-hydrogen) atoms. The van der Waals surface area contributed by atoms with E-state index in [1.165, 1.54) is 4.90 Å². The van der Waals surface area contributed by atoms with E-state index in [9.17, 15) is 24.0 Å². The quantitative estimate of drug-likeness (QED) is 0.137. The molecule has 4 amide bonds. The van der Waals surface area contributed by atoms with Crippen LogP contribution in [0.3, 0.4) is 0 Å². The second kappa shape index (κ2) is 17.2. The molecule has 276 valence electrons. The van der Waals surface area contributed by atoms with Crippen LogP contribution in [0.25, 0.3) is 0 Å². The van der Waals surface area contributed by atoms with Crippen molar-refractivity contribution < 1.29 is 42.9 Å². The molecule has 2 saturated heterocycles. The van der Waals surface area contributed by atoms with Crippen LogP contribution in [-0.2, 0) is 41.8 Å². The summed E-state index contributed by atoms with van der Waals surface area (Å²) in [6, 6.07) is 16.2. The minimum Gasteiger partial charge on any atom is -0.458 e. The van der Waals surface area contributed by atoms with Gasteiger partial charge in [-0.05, 0) is 84.3 Å². The summed E-state index contributed by atoms with van der Waals surface area (Å²) in [7, 11) is 0. The standard InChI is InChI=1S/C37H49N5O9/c1-36(2,3)50-31(44)29-21-26(28-18-17-27(30(43)42(28)29)39-35(47)51-37(4,5)6)19-20-38-32(40-33(45)48-22-24-13-9-7-10-14-24)41-34(46)49-23-25-15-11-8-12-16-25/h7-16,26-29H,17-23H2,1-6H3,(H,39,47)(H2,38,40,41,45,46)/t26-,27+,28+,29-/m0/s1. The lowest BCUT2D eigenvalue weighted by Crippen LogP contribution is -2.58. The number of hydrogen-bond donors (Lipinski definition) is 3. The number of benzene rings is 2. The lowest BCUT2D eigenvalue weighted by atomic mass is 9.89. The third-order valence-electron chi connectivity index (χ3n) is 8.07. The molecule has 0 aliphatic carbocycles. The average Bonchev–Trinajstić information content (AvgIpc) is 3.43. The van der Waals surface area contributed by atoms with E-state index in [-0.39, 0.29) is 43.6 Å². The maximum atomic E-state index is 13.8. The van der Waals surface area contributed by atoms with E-state index >= 15 is 0 Å². The van der Waals surface area contributed by atoms with E-state index in [1.54, 1.807) is 41.5 Å². The fraction of sp³-hybridized carbons (Fsp3) is 0.514. The molecule has 0 spiro atoms. The second-order valence-corrected chi connectivity index (χ2v) is 14.5. The number of rotatable bonds is 9. The summed E-state index contributed by atoms with van der Waals surface area (Å²) in [5.41, 5.74) is 0.0236. The van der Waals surface area contributed by atoms with Gasteiger partial charge in [0.05, 0.1) is 0 Å². The third-order valence-corrected chi connectivity index (χ3v) is 8.07. The van der Waals surface area contributed by atoms with Gasteiger partial charge in [0.15, 0.2) is 0 Å². The Labute approximate surface area is 298 Å². The first-order valence-electron chi connectivity index (χ1n) is 17.1. The number of piperidine rings is 1. The maximum Gasteiger partial charge on any atom is 0.414 e. The molecule has 2 aromatic rings. The van der Waals surface area contributed by atoms with Gasteiger partial charge in [0.2, 0.25) is 11.9 Å². The molecule has 14 heteroatoms. The van der Waals surface area contributed by atoms with Crippen LogP contribution in [0.2, 0.25) is 0 Å². The van der Waals surface area contributed by atoms with Crippen LogP contribution in [0.1, 0.15) is 78.4 Å². The van der Waals surface area contributed by atoms with Crippen LogP contribution in [0, 0.1) is 5.92 Å². The number of amides is 4. The molecule has 4 atom stereocenters. The molecule has 2 aromatic carbocycles. The number of ether oxygens (including phenoxy) is 4. The highest BCUT2D eigenvalue weighted by atomic mass is 16.6. The summed E-state index contributed by atoms with van der Waals surface area (Å²) in [5.74, 6) is -1.26. The van der Waals surface area contributed by atoms with Crippen molar-refractivity contribution in [2.75, 3.05) is 6.54 Å². The lowest BCUT2D eigenvalue weighted by molar-refractivity contribution is -0.165. The Morgan fingerprint density at radius 3 is 1.80 bits per heavy atom. The molecule has 0 unspecified atom stereocenters. The van der Waals surface area contributed by atoms with Gasteiger partial charge in [0, 0.05) is 12.6 Å². The fourth-order valence-corrected chi connectivity index (χ4v) is 5.99. The molecule has 0 saturated carbocycles. The van der Waals surface area contributed by atoms with E-state index in [4.69, 9.17) is 18.9 Å². The van der Waals surface area contributed by atoms with Crippen molar-refractivity contribution in [3.63, 3.8) is 0 Å². The number of nitrogens with zero attached hydrogens (tertiary/aromatic N) is 2. The van der Waals surface area contributed by atoms with Crippen LogP contribution in [0.5, 0.6) is 0 Å². The number of nitrogens with one attached hydrogen (secondary N) is 3. The summed E-state index contributed by atoms with van der Waals surface area (Å²) < 4.78 is 21.7. The van der Waals surface area contributed by atoms with Crippen LogP contribution in [0.15, 0.2) is 65.7 Å². The summed E-state index contributed by atoms with van der Waals surface area (Å²) in [5, 5.41) is 7.63. The maximum absolute atomic E-state index is 13.8. The number of carbonyl (C=O) groups excluding carboxylic acids is 5. The topological polar surface area (TPSA) is 174 Å². The van der Waals surface area contributed by atoms with E-state index in [1.807, 2.05) is 60.7 Å². The molecule has 2 aliphatic rings. The molecule has 2 heterocycles. The van der Waals surface area contributed by atoms with Gasteiger partial charge in [0.1, 0.15) is 36.5 Å². The van der Waals surface area contributed by atoms with Crippen LogP contribution in [-0.4, -0.2) is 76.9 Å². The van der Waals surface area contributed by atoms with Gasteiger partial charge >= 0.3 is 24.2 Å². The summed E-state index contributed by atoms with van der Waals surface area (Å²) in [4.78, 5) is 71.1. The minimum atomic E-state index is -0.865. The molecule has 4 rings (SSSR count). The predicted molar refractivity (Wildman–Crippen MR) is 187 cm³/mol. The van der Waals surface area contributed by atoms with Crippen LogP contribution in [0.4, 0.5) is 14.4 Å². The Morgan fingerprint density at radius 1 is 0.765 bits per heavy atom. The van der Waals surface area contributed by atoms with Crippen LogP contribution >= 0.6 is 0 Å². The van der Waals surface area contributed by atoms with Gasteiger partial charge in [-0.2, -0.15) is 0 Å². The Bertz CT molecular complexity index is 1490. The van der Waals surface area contributed by atoms with Gasteiger partial charge in [-0.15, -0.1) is 0 Å². The van der Waals surface area contributed by atoms with Crippen molar-refractivity contribution in [3.05, 3.63) is 71.8 Å². The van der Waals surface area contributed by atoms with Crippen molar-refractivity contribution in [1.29, 1.82) is 0 Å². The molecule has 0 bridgehead atoms. The van der Waals surface area contributed by atoms with Crippen molar-refractivity contribution in [1.82, 2.24) is 20.9 Å². The Morgan fingerprint density at radius 2 is 1.29 bits per heavy atom. The molecule has 14 nitrogen and oxygen atoms in total. The highest BCUT2D eigenvalue weighted by molar-refractivity contribution is 6.01. The van der Waals surface area contributed by atoms with E-state index < -0.39 is 47.5 Å². The first-order chi connectivity index (χ1) is 24.1. The normalized spacial score (nSPS) is 20.0. The van der Waals surface area contributed by atoms with Gasteiger partial charge in [-0.25, -0.2) is 19.2 Å². The van der Waals surface area contributed by atoms with Gasteiger partial charge in [-0.1, -0.05) is 60.7 Å². The van der Waals surface area contributed by atoms with Gasteiger partial charge in [-0.3, -0.25) is 20.4 Å². The van der Waals surface area contributed by atoms with E-state index in [0.29, 0.717) is 25.7 Å². The van der Waals surface area contributed by atoms with Crippen molar-refractivity contribution in [2.45, 2.75) is 110 Å². The fourth-order valence-electron chi connectivity index (χ4n) is 5.99. The predicted octanol–water partition coefficient (Wildman–Crippen LogP) is 5.20. The zero-order valence-corrected chi connectivity index (χ0v) is 30.1. The van der Waals surface area contributed by atoms with Crippen molar-refractivity contribution in [2.24, 2.45) is 10.9 Å². The minimum absolute atomic E-state index is 0.00184. The zero-order valence-electron chi connectivity index (χ0n) is 30.1. The number of hydrogen-bond acceptors (Lipinski definition) is 10. The van der Waals surface area contributed by atoms with Crippen molar-refractivity contribution in [3.8, 4) is 0 Å². The monoisotopic (exact) mass is 707 g/mol. The first kappa shape index (κ1) is 38.7. The molecule has 2 fully saturated rings. The van der Waals surface area contributed by atoms with Crippen LogP contribution < -0.4 is 16.0 Å². The number of esters is 1. The number of fused-ring (bicyclic) bond motifs is 1. The largest absolute Gasteiger partial charge is 0.458 e. The molecule has 2 aliphatic heterocycles. The number of guanidine groups is 1. The molecule has 0 aromatic heterocycles. The smallest absolute Gasteiger partial charge is 0.414 e. The SMILES string of the molecule is CC(C)(C)OC(=O)N[C@@H]1CC[C@@H]2[C@@H](CCN=C(NC(=O)OCc3ccccc3)NC(=O)OCc3ccccc3)C[C@@H](C(=O)OC(C)(C)C)N2C1=O. The highest BCUT2D eigenvalue weighted by Gasteiger charge is 2.52. The first-order valence-corrected chi connectivity index (χ1v) is 17.1. The molecular weight excluding hydrogens is 658 g/mol. The Balaban J connectivity index is 1.46. The van der Waals surface area contributed by atoms with Gasteiger partial charge in [0.25, 0.3) is 0 Å². The Kier molecular flexibility index (Phi) is 13.0. The second-order valence-electron chi connectivity index (χ2n) is 14.5. The molecular formula is C37H49N5O9. The number of alkyl carbamates (subject to hydrolysis) is 3. The number of carbonyl (C=O) groups is 5. The van der Waals surface area contributed by atoms with Crippen molar-refractivity contribution >= 4 is 36.1 Å². The Hall–Kier alpha value is -5.14. The van der Waals surface area contributed by atoms with E-state index in [0.717, 1.165) is 11.1 Å². The highest BCUT2D eigenvalue weighted by Crippen LogP contribution is 2.39.